The normalized spacial score (nSPS) is 12.7. The molecule has 0 aromatic carbocycles. The maximum Gasteiger partial charge on any atom is 0.325 e. The summed E-state index contributed by atoms with van der Waals surface area (Å²) in [6.07, 6.45) is 7.49. The van der Waals surface area contributed by atoms with E-state index in [1.54, 1.807) is 0 Å². The molecule has 5 nitrogen and oxygen atoms in total. The fraction of sp³-hybridized carbons (Fsp3) is 0.933. The first-order valence-electron chi connectivity index (χ1n) is 7.89. The van der Waals surface area contributed by atoms with E-state index < -0.39 is 12.0 Å². The first-order chi connectivity index (χ1) is 9.69. The van der Waals surface area contributed by atoms with E-state index in [2.05, 4.69) is 23.5 Å². The molecule has 0 saturated carbocycles. The van der Waals surface area contributed by atoms with Gasteiger partial charge in [-0.15, -0.1) is 0 Å². The van der Waals surface area contributed by atoms with Crippen molar-refractivity contribution >= 4 is 5.97 Å². The zero-order chi connectivity index (χ0) is 15.2. The van der Waals surface area contributed by atoms with Gasteiger partial charge in [0.05, 0.1) is 7.11 Å². The molecule has 0 unspecified atom stereocenters. The molecule has 5 heteroatoms. The largest absolute Gasteiger partial charge is 0.468 e. The number of hydroxylamine groups is 1. The number of hydrogen-bond donors (Lipinski definition) is 2. The lowest BCUT2D eigenvalue weighted by Gasteiger charge is -2.22. The van der Waals surface area contributed by atoms with Gasteiger partial charge < -0.3 is 14.8 Å². The van der Waals surface area contributed by atoms with Crippen molar-refractivity contribution < 1.29 is 14.7 Å². The molecular weight excluding hydrogens is 256 g/mol. The van der Waals surface area contributed by atoms with Crippen molar-refractivity contribution in [1.29, 1.82) is 0 Å². The van der Waals surface area contributed by atoms with Crippen LogP contribution in [0.2, 0.25) is 0 Å². The van der Waals surface area contributed by atoms with Crippen molar-refractivity contribution in [3.8, 4) is 0 Å². The molecule has 0 aliphatic carbocycles. The molecule has 0 aliphatic rings. The van der Waals surface area contributed by atoms with Crippen molar-refractivity contribution in [3.05, 3.63) is 0 Å². The summed E-state index contributed by atoms with van der Waals surface area (Å²) in [7, 11) is 1.34. The lowest BCUT2D eigenvalue weighted by atomic mass is 10.1. The van der Waals surface area contributed by atoms with E-state index in [1.165, 1.54) is 32.8 Å². The molecule has 0 spiro atoms. The average Bonchev–Trinajstić information content (AvgIpc) is 2.48. The predicted molar refractivity (Wildman–Crippen MR) is 80.8 cm³/mol. The monoisotopic (exact) mass is 288 g/mol. The highest BCUT2D eigenvalue weighted by Gasteiger charge is 2.17. The van der Waals surface area contributed by atoms with Crippen molar-refractivity contribution in [2.75, 3.05) is 26.7 Å². The van der Waals surface area contributed by atoms with Crippen LogP contribution in [0, 0.1) is 0 Å². The Labute approximate surface area is 123 Å². The van der Waals surface area contributed by atoms with Crippen LogP contribution < -0.4 is 5.48 Å². The number of nitrogens with zero attached hydrogens (tertiary/aromatic N) is 1. The van der Waals surface area contributed by atoms with Gasteiger partial charge in [0.1, 0.15) is 6.04 Å². The van der Waals surface area contributed by atoms with Gasteiger partial charge in [-0.05, 0) is 51.7 Å². The van der Waals surface area contributed by atoms with Crippen molar-refractivity contribution in [2.45, 2.75) is 64.8 Å². The van der Waals surface area contributed by atoms with Gasteiger partial charge in [-0.3, -0.25) is 4.79 Å². The van der Waals surface area contributed by atoms with Gasteiger partial charge in [-0.25, -0.2) is 0 Å². The maximum atomic E-state index is 11.3. The summed E-state index contributed by atoms with van der Waals surface area (Å²) in [5.41, 5.74) is 2.02. The molecule has 0 amide bonds. The maximum absolute atomic E-state index is 11.3. The summed E-state index contributed by atoms with van der Waals surface area (Å²) < 4.78 is 4.62. The number of carbonyl (C=O) groups is 1. The molecule has 0 rings (SSSR count). The third kappa shape index (κ3) is 9.28. The van der Waals surface area contributed by atoms with E-state index in [1.807, 2.05) is 5.48 Å². The fourth-order valence-electron chi connectivity index (χ4n) is 2.16. The Morgan fingerprint density at radius 1 is 1.10 bits per heavy atom. The van der Waals surface area contributed by atoms with Crippen LogP contribution in [-0.2, 0) is 9.53 Å². The zero-order valence-corrected chi connectivity index (χ0v) is 13.4. The Balaban J connectivity index is 3.87. The SMILES string of the molecule is CCCCN(CCCC)CCCC[C@H](NO)C(=O)OC. The molecule has 120 valence electrons. The van der Waals surface area contributed by atoms with Crippen LogP contribution in [0.1, 0.15) is 58.8 Å². The molecule has 0 heterocycles. The quantitative estimate of drug-likeness (QED) is 0.310. The first kappa shape index (κ1) is 19.4. The summed E-state index contributed by atoms with van der Waals surface area (Å²) in [6.45, 7) is 7.82. The molecule has 0 saturated heterocycles. The van der Waals surface area contributed by atoms with E-state index in [0.717, 1.165) is 32.5 Å². The second-order valence-electron chi connectivity index (χ2n) is 5.25. The summed E-state index contributed by atoms with van der Waals surface area (Å²) in [5, 5.41) is 8.91. The van der Waals surface area contributed by atoms with Crippen molar-refractivity contribution in [3.63, 3.8) is 0 Å². The van der Waals surface area contributed by atoms with E-state index in [4.69, 9.17) is 5.21 Å². The molecule has 20 heavy (non-hydrogen) atoms. The van der Waals surface area contributed by atoms with E-state index in [0.29, 0.717) is 6.42 Å². The number of rotatable bonds is 13. The number of carbonyl (C=O) groups excluding carboxylic acids is 1. The Morgan fingerprint density at radius 3 is 2.10 bits per heavy atom. The van der Waals surface area contributed by atoms with Crippen LogP contribution in [-0.4, -0.2) is 48.9 Å². The van der Waals surface area contributed by atoms with Crippen LogP contribution in [0.5, 0.6) is 0 Å². The minimum absolute atomic E-state index is 0.402. The van der Waals surface area contributed by atoms with E-state index in [9.17, 15) is 4.79 Å². The molecule has 0 fully saturated rings. The number of nitrogens with one attached hydrogen (secondary N) is 1. The van der Waals surface area contributed by atoms with Crippen molar-refractivity contribution in [1.82, 2.24) is 10.4 Å². The van der Waals surface area contributed by atoms with Gasteiger partial charge >= 0.3 is 5.97 Å². The number of unbranched alkanes of at least 4 members (excludes halogenated alkanes) is 3. The number of methoxy groups -OCH3 is 1. The molecule has 0 aromatic heterocycles. The van der Waals surface area contributed by atoms with E-state index in [-0.39, 0.29) is 0 Å². The third-order valence-corrected chi connectivity index (χ3v) is 3.51. The summed E-state index contributed by atoms with van der Waals surface area (Å²) in [5.74, 6) is -0.402. The topological polar surface area (TPSA) is 61.8 Å². The Bertz CT molecular complexity index is 229. The Kier molecular flexibility index (Phi) is 12.9. The molecule has 0 aliphatic heterocycles. The van der Waals surface area contributed by atoms with E-state index >= 15 is 0 Å². The summed E-state index contributed by atoms with van der Waals surface area (Å²) >= 11 is 0. The Morgan fingerprint density at radius 2 is 1.65 bits per heavy atom. The minimum Gasteiger partial charge on any atom is -0.468 e. The van der Waals surface area contributed by atoms with Crippen LogP contribution >= 0.6 is 0 Å². The molecule has 0 aromatic rings. The highest BCUT2D eigenvalue weighted by Crippen LogP contribution is 2.06. The Hall–Kier alpha value is -0.650. The average molecular weight is 288 g/mol. The van der Waals surface area contributed by atoms with Gasteiger partial charge in [0, 0.05) is 0 Å². The standard InChI is InChI=1S/C15H32N2O3/c1-4-6-11-17(12-7-5-2)13-9-8-10-14(16-19)15(18)20-3/h14,16,19H,4-13H2,1-3H3/t14-/m0/s1. The third-order valence-electron chi connectivity index (χ3n) is 3.51. The van der Waals surface area contributed by atoms with Gasteiger partial charge in [0.25, 0.3) is 0 Å². The van der Waals surface area contributed by atoms with Gasteiger partial charge in [-0.2, -0.15) is 5.48 Å². The minimum atomic E-state index is -0.597. The second-order valence-corrected chi connectivity index (χ2v) is 5.25. The molecule has 0 bridgehead atoms. The first-order valence-corrected chi connectivity index (χ1v) is 7.89. The molecular formula is C15H32N2O3. The predicted octanol–water partition coefficient (Wildman–Crippen LogP) is 2.58. The summed E-state index contributed by atoms with van der Waals surface area (Å²) in [4.78, 5) is 13.8. The van der Waals surface area contributed by atoms with Gasteiger partial charge in [0.2, 0.25) is 0 Å². The van der Waals surface area contributed by atoms with Gasteiger partial charge in [0.15, 0.2) is 0 Å². The number of ether oxygens (including phenoxy) is 1. The lowest BCUT2D eigenvalue weighted by Crippen LogP contribution is -2.35. The smallest absolute Gasteiger partial charge is 0.325 e. The van der Waals surface area contributed by atoms with Crippen LogP contribution in [0.4, 0.5) is 0 Å². The van der Waals surface area contributed by atoms with Crippen LogP contribution in [0.15, 0.2) is 0 Å². The molecule has 1 atom stereocenters. The van der Waals surface area contributed by atoms with Crippen molar-refractivity contribution in [2.24, 2.45) is 0 Å². The fourth-order valence-corrected chi connectivity index (χ4v) is 2.16. The lowest BCUT2D eigenvalue weighted by molar-refractivity contribution is -0.146. The van der Waals surface area contributed by atoms with Gasteiger partial charge in [-0.1, -0.05) is 26.7 Å². The van der Waals surface area contributed by atoms with Crippen LogP contribution in [0.25, 0.3) is 0 Å². The highest BCUT2D eigenvalue weighted by molar-refractivity contribution is 5.75. The molecule has 0 radical (unpaired) electrons. The number of esters is 1. The summed E-state index contributed by atoms with van der Waals surface area (Å²) in [6, 6.07) is -0.597. The number of hydrogen-bond acceptors (Lipinski definition) is 5. The second kappa shape index (κ2) is 13.3. The molecule has 2 N–H and O–H groups in total. The highest BCUT2D eigenvalue weighted by atomic mass is 16.5. The zero-order valence-electron chi connectivity index (χ0n) is 13.4. The van der Waals surface area contributed by atoms with Crippen LogP contribution in [0.3, 0.4) is 0 Å².